The minimum atomic E-state index is -0.806. The molecule has 0 radical (unpaired) electrons. The van der Waals surface area contributed by atoms with Gasteiger partial charge in [-0.15, -0.1) is 0 Å². The molecule has 0 saturated heterocycles. The maximum Gasteiger partial charge on any atom is 0.237 e. The molecule has 0 aliphatic heterocycles. The number of hydrogen-bond acceptors (Lipinski definition) is 3. The summed E-state index contributed by atoms with van der Waals surface area (Å²) in [5, 5.41) is 3.21. The van der Waals surface area contributed by atoms with Crippen molar-refractivity contribution < 1.29 is 9.00 Å². The third-order valence-corrected chi connectivity index (χ3v) is 6.90. The summed E-state index contributed by atoms with van der Waals surface area (Å²) in [6.07, 6.45) is 7.80. The van der Waals surface area contributed by atoms with Crippen molar-refractivity contribution in [2.75, 3.05) is 11.6 Å². The van der Waals surface area contributed by atoms with Crippen molar-refractivity contribution >= 4 is 34.2 Å². The van der Waals surface area contributed by atoms with E-state index in [9.17, 15) is 9.00 Å². The molecule has 1 aromatic rings. The van der Waals surface area contributed by atoms with Crippen molar-refractivity contribution in [2.24, 2.45) is 0 Å². The maximum atomic E-state index is 12.5. The Labute approximate surface area is 140 Å². The average Bonchev–Trinajstić information content (AvgIpc) is 2.55. The molecule has 1 aliphatic rings. The molecule has 1 aromatic carbocycles. The summed E-state index contributed by atoms with van der Waals surface area (Å²) in [6, 6.07) is 7.75. The lowest BCUT2D eigenvalue weighted by Crippen LogP contribution is -2.22. The monoisotopic (exact) mass is 339 g/mol. The van der Waals surface area contributed by atoms with Crippen molar-refractivity contribution in [1.82, 2.24) is 0 Å². The zero-order chi connectivity index (χ0) is 15.9. The van der Waals surface area contributed by atoms with Gasteiger partial charge in [-0.05, 0) is 43.7 Å². The molecule has 22 heavy (non-hydrogen) atoms. The predicted molar refractivity (Wildman–Crippen MR) is 96.8 cm³/mol. The lowest BCUT2D eigenvalue weighted by atomic mass is 10.0. The number of rotatable bonds is 6. The summed E-state index contributed by atoms with van der Waals surface area (Å²) in [4.78, 5) is 11.9. The summed E-state index contributed by atoms with van der Waals surface area (Å²) in [5.41, 5.74) is 1.84. The number of anilines is 1. The molecular weight excluding hydrogens is 314 g/mol. The molecule has 2 unspecified atom stereocenters. The van der Waals surface area contributed by atoms with E-state index in [1.165, 1.54) is 31.0 Å². The summed E-state index contributed by atoms with van der Waals surface area (Å²) >= 11 is 1.53. The summed E-state index contributed by atoms with van der Waals surface area (Å²) in [5.74, 6) is 0.602. The highest BCUT2D eigenvalue weighted by Gasteiger charge is 2.20. The summed E-state index contributed by atoms with van der Waals surface area (Å²) in [6.45, 7) is 1.89. The summed E-state index contributed by atoms with van der Waals surface area (Å²) in [7, 11) is -0.806. The van der Waals surface area contributed by atoms with E-state index in [0.717, 1.165) is 24.1 Å². The average molecular weight is 340 g/mol. The van der Waals surface area contributed by atoms with E-state index in [2.05, 4.69) is 5.32 Å². The number of benzene rings is 1. The van der Waals surface area contributed by atoms with Crippen molar-refractivity contribution in [1.29, 1.82) is 0 Å². The zero-order valence-electron chi connectivity index (χ0n) is 13.3. The number of hydrogen-bond donors (Lipinski definition) is 1. The van der Waals surface area contributed by atoms with Gasteiger partial charge in [0.15, 0.2) is 0 Å². The molecule has 2 rings (SSSR count). The SMILES string of the molecule is CSC(C)C(=O)Nc1cccc(CS(=O)C2CCCCC2)c1. The minimum absolute atomic E-state index is 0.0121. The number of amides is 1. The first kappa shape index (κ1) is 17.5. The fraction of sp³-hybridized carbons (Fsp3) is 0.588. The Balaban J connectivity index is 1.96. The van der Waals surface area contributed by atoms with E-state index in [4.69, 9.17) is 0 Å². The van der Waals surface area contributed by atoms with Crippen LogP contribution >= 0.6 is 11.8 Å². The Bertz CT molecular complexity index is 527. The first-order valence-corrected chi connectivity index (χ1v) is 10.6. The topological polar surface area (TPSA) is 46.2 Å². The van der Waals surface area contributed by atoms with Gasteiger partial charge in [-0.1, -0.05) is 31.4 Å². The van der Waals surface area contributed by atoms with Gasteiger partial charge in [-0.2, -0.15) is 11.8 Å². The van der Waals surface area contributed by atoms with Crippen LogP contribution in [0, 0.1) is 0 Å². The van der Waals surface area contributed by atoms with Gasteiger partial charge in [0.25, 0.3) is 0 Å². The second kappa shape index (κ2) is 8.73. The predicted octanol–water partition coefficient (Wildman–Crippen LogP) is 3.96. The van der Waals surface area contributed by atoms with Crippen LogP contribution in [0.2, 0.25) is 0 Å². The molecule has 3 nitrogen and oxygen atoms in total. The molecule has 2 atom stereocenters. The molecule has 0 spiro atoms. The Morgan fingerprint density at radius 3 is 2.77 bits per heavy atom. The highest BCUT2D eigenvalue weighted by molar-refractivity contribution is 7.99. The third kappa shape index (κ3) is 5.13. The Hall–Kier alpha value is -0.810. The largest absolute Gasteiger partial charge is 0.325 e. The van der Waals surface area contributed by atoms with E-state index >= 15 is 0 Å². The maximum absolute atomic E-state index is 12.5. The van der Waals surface area contributed by atoms with Crippen LogP contribution in [0.25, 0.3) is 0 Å². The smallest absolute Gasteiger partial charge is 0.237 e. The van der Waals surface area contributed by atoms with Crippen LogP contribution < -0.4 is 5.32 Å². The van der Waals surface area contributed by atoms with E-state index in [1.807, 2.05) is 37.4 Å². The van der Waals surface area contributed by atoms with Crippen molar-refractivity contribution in [3.8, 4) is 0 Å². The van der Waals surface area contributed by atoms with Gasteiger partial charge in [0.05, 0.1) is 5.25 Å². The van der Waals surface area contributed by atoms with Crippen LogP contribution in [-0.2, 0) is 21.3 Å². The molecule has 1 fully saturated rings. The first-order chi connectivity index (χ1) is 10.6. The third-order valence-electron chi connectivity index (χ3n) is 4.15. The van der Waals surface area contributed by atoms with Gasteiger partial charge in [-0.25, -0.2) is 0 Å². The lowest BCUT2D eigenvalue weighted by molar-refractivity contribution is -0.115. The zero-order valence-corrected chi connectivity index (χ0v) is 15.0. The standard InChI is InChI=1S/C17H25NO2S2/c1-13(21-2)17(19)18-15-8-6-7-14(11-15)12-22(20)16-9-4-3-5-10-16/h6-8,11,13,16H,3-5,9-10,12H2,1-2H3,(H,18,19). The van der Waals surface area contributed by atoms with Crippen LogP contribution in [0.3, 0.4) is 0 Å². The second-order valence-electron chi connectivity index (χ2n) is 5.85. The Kier molecular flexibility index (Phi) is 6.96. The number of carbonyl (C=O) groups is 1. The van der Waals surface area contributed by atoms with Gasteiger partial charge >= 0.3 is 0 Å². The van der Waals surface area contributed by atoms with Crippen LogP contribution in [0.4, 0.5) is 5.69 Å². The fourth-order valence-corrected chi connectivity index (χ4v) is 4.58. The molecule has 0 aromatic heterocycles. The Morgan fingerprint density at radius 1 is 1.36 bits per heavy atom. The normalized spacial score (nSPS) is 18.6. The van der Waals surface area contributed by atoms with Gasteiger partial charge in [0.2, 0.25) is 5.91 Å². The highest BCUT2D eigenvalue weighted by Crippen LogP contribution is 2.24. The first-order valence-electron chi connectivity index (χ1n) is 7.90. The summed E-state index contributed by atoms with van der Waals surface area (Å²) < 4.78 is 12.5. The highest BCUT2D eigenvalue weighted by atomic mass is 32.2. The van der Waals surface area contributed by atoms with Gasteiger partial charge in [0, 0.05) is 27.5 Å². The molecule has 1 N–H and O–H groups in total. The number of nitrogens with one attached hydrogen (secondary N) is 1. The van der Waals surface area contributed by atoms with Gasteiger partial charge in [-0.3, -0.25) is 9.00 Å². The van der Waals surface area contributed by atoms with E-state index in [0.29, 0.717) is 11.0 Å². The van der Waals surface area contributed by atoms with Crippen molar-refractivity contribution in [3.63, 3.8) is 0 Å². The molecule has 5 heteroatoms. The van der Waals surface area contributed by atoms with Crippen LogP contribution in [0.1, 0.15) is 44.6 Å². The lowest BCUT2D eigenvalue weighted by Gasteiger charge is -2.21. The van der Waals surface area contributed by atoms with E-state index in [-0.39, 0.29) is 11.2 Å². The molecule has 1 amide bonds. The molecule has 0 heterocycles. The molecule has 1 aliphatic carbocycles. The number of thioether (sulfide) groups is 1. The molecule has 122 valence electrons. The van der Waals surface area contributed by atoms with E-state index < -0.39 is 10.8 Å². The fourth-order valence-electron chi connectivity index (χ4n) is 2.70. The van der Waals surface area contributed by atoms with E-state index in [1.54, 1.807) is 0 Å². The van der Waals surface area contributed by atoms with Crippen molar-refractivity contribution in [3.05, 3.63) is 29.8 Å². The van der Waals surface area contributed by atoms with Crippen LogP contribution in [0.5, 0.6) is 0 Å². The van der Waals surface area contributed by atoms with Crippen LogP contribution in [0.15, 0.2) is 24.3 Å². The second-order valence-corrected chi connectivity index (χ2v) is 8.75. The quantitative estimate of drug-likeness (QED) is 0.853. The van der Waals surface area contributed by atoms with Gasteiger partial charge < -0.3 is 5.32 Å². The van der Waals surface area contributed by atoms with Crippen LogP contribution in [-0.4, -0.2) is 26.9 Å². The minimum Gasteiger partial charge on any atom is -0.325 e. The van der Waals surface area contributed by atoms with Crippen molar-refractivity contribution in [2.45, 2.75) is 55.3 Å². The van der Waals surface area contributed by atoms with Gasteiger partial charge in [0.1, 0.15) is 0 Å². The Morgan fingerprint density at radius 2 is 2.09 bits per heavy atom. The molecular formula is C17H25NO2S2. The number of carbonyl (C=O) groups excluding carboxylic acids is 1. The molecule has 1 saturated carbocycles. The molecule has 0 bridgehead atoms.